The maximum Gasteiger partial charge on any atom is 0.570 e. The van der Waals surface area contributed by atoms with Gasteiger partial charge in [0.15, 0.2) is 11.5 Å². The molecule has 3 aromatic carbocycles. The molecular weight excluding hydrogens is 519 g/mol. The highest BCUT2D eigenvalue weighted by molar-refractivity contribution is 7.88. The molecule has 0 spiro atoms. The van der Waals surface area contributed by atoms with Crippen LogP contribution in [0.25, 0.3) is 0 Å². The molecule has 0 radical (unpaired) electrons. The summed E-state index contributed by atoms with van der Waals surface area (Å²) in [6, 6.07) is 22.9. The smallest absolute Gasteiger partial charge is 0.423 e. The molecule has 0 saturated carbocycles. The Kier molecular flexibility index (Phi) is 8.35. The maximum absolute atomic E-state index is 6.42. The minimum absolute atomic E-state index is 0.572. The summed E-state index contributed by atoms with van der Waals surface area (Å²) in [6.07, 6.45) is 0. The van der Waals surface area contributed by atoms with Crippen molar-refractivity contribution in [3.8, 4) is 17.2 Å². The van der Waals surface area contributed by atoms with Crippen LogP contribution in [0.1, 0.15) is 16.7 Å². The van der Waals surface area contributed by atoms with Gasteiger partial charge in [0, 0.05) is 11.6 Å². The Bertz CT molecular complexity index is 1230. The Labute approximate surface area is 213 Å². The molecule has 0 amide bonds. The average molecular weight is 551 g/mol. The Morgan fingerprint density at radius 1 is 0.639 bits per heavy atom. The minimum Gasteiger partial charge on any atom is -0.423 e. The van der Waals surface area contributed by atoms with Gasteiger partial charge in [0.05, 0.1) is 19.1 Å². The van der Waals surface area contributed by atoms with E-state index < -0.39 is 23.7 Å². The zero-order valence-electron chi connectivity index (χ0n) is 21.2. The fourth-order valence-corrected chi connectivity index (χ4v) is 13.1. The highest BCUT2D eigenvalue weighted by atomic mass is 31.3. The molecule has 9 nitrogen and oxygen atoms in total. The summed E-state index contributed by atoms with van der Waals surface area (Å²) in [5.41, 5.74) is 3.31. The van der Waals surface area contributed by atoms with E-state index in [-0.39, 0.29) is 0 Å². The first-order valence-corrected chi connectivity index (χ1v) is 16.0. The summed E-state index contributed by atoms with van der Waals surface area (Å²) in [7, 11) is -5.11. The number of nitrogens with zero attached hydrogens (tertiary/aromatic N) is 1. The first kappa shape index (κ1) is 27.0. The largest absolute Gasteiger partial charge is 0.570 e. The average Bonchev–Trinajstić information content (AvgIpc) is 2.88. The van der Waals surface area contributed by atoms with Gasteiger partial charge in [-0.2, -0.15) is 9.05 Å². The van der Waals surface area contributed by atoms with Crippen LogP contribution in [0.5, 0.6) is 17.2 Å². The Hall–Kier alpha value is -2.05. The van der Waals surface area contributed by atoms with E-state index in [0.717, 1.165) is 16.7 Å². The Morgan fingerprint density at radius 2 is 1.11 bits per heavy atom. The molecule has 3 atom stereocenters. The zero-order valence-corrected chi connectivity index (χ0v) is 23.8. The molecule has 0 fully saturated rings. The molecule has 0 aromatic heterocycles. The molecule has 192 valence electrons. The number of hydrogen-bond donors (Lipinski definition) is 2. The van der Waals surface area contributed by atoms with Crippen LogP contribution in [0.2, 0.25) is 0 Å². The predicted molar refractivity (Wildman–Crippen MR) is 146 cm³/mol. The van der Waals surface area contributed by atoms with E-state index >= 15 is 0 Å². The quantitative estimate of drug-likeness (QED) is 0.263. The van der Waals surface area contributed by atoms with Gasteiger partial charge in [-0.25, -0.2) is 0 Å². The molecule has 4 rings (SSSR count). The first-order valence-electron chi connectivity index (χ1n) is 11.2. The van der Waals surface area contributed by atoms with E-state index in [9.17, 15) is 0 Å². The molecule has 36 heavy (non-hydrogen) atoms. The van der Waals surface area contributed by atoms with Crippen molar-refractivity contribution in [1.29, 1.82) is 0 Å². The summed E-state index contributed by atoms with van der Waals surface area (Å²) in [5.74, 6) is 1.73. The van der Waals surface area contributed by atoms with E-state index in [1.807, 2.05) is 93.6 Å². The number of hydrogen-bond acceptors (Lipinski definition) is 9. The zero-order chi connectivity index (χ0) is 25.8. The predicted octanol–water partition coefficient (Wildman–Crippen LogP) is 7.58. The van der Waals surface area contributed by atoms with Gasteiger partial charge in [-0.15, -0.1) is 0 Å². The third-order valence-electron chi connectivity index (χ3n) is 5.26. The first-order chi connectivity index (χ1) is 17.2. The van der Waals surface area contributed by atoms with Gasteiger partial charge in [-0.05, 0) is 62.0 Å². The summed E-state index contributed by atoms with van der Waals surface area (Å²) in [4.78, 5) is 6.63. The van der Waals surface area contributed by atoms with Gasteiger partial charge in [0.2, 0.25) is 0 Å². The van der Waals surface area contributed by atoms with Crippen molar-refractivity contribution in [2.75, 3.05) is 21.3 Å². The fraction of sp³-hybridized carbons (Fsp3) is 0.250. The molecule has 0 bridgehead atoms. The topological polar surface area (TPSA) is 91.8 Å². The van der Waals surface area contributed by atoms with Gasteiger partial charge in [0.25, 0.3) is 0 Å². The maximum atomic E-state index is 6.42. The van der Waals surface area contributed by atoms with Gasteiger partial charge in [0.1, 0.15) is 5.75 Å². The summed E-state index contributed by atoms with van der Waals surface area (Å²) in [5, 5.41) is 0. The normalized spacial score (nSPS) is 25.6. The molecule has 0 saturated heterocycles. The Morgan fingerprint density at radius 3 is 1.56 bits per heavy atom. The van der Waals surface area contributed by atoms with Crippen molar-refractivity contribution < 1.29 is 27.1 Å². The molecule has 1 aliphatic rings. The lowest BCUT2D eigenvalue weighted by Gasteiger charge is -2.32. The van der Waals surface area contributed by atoms with Crippen molar-refractivity contribution in [3.63, 3.8) is 0 Å². The molecule has 0 aliphatic carbocycles. The molecule has 3 unspecified atom stereocenters. The molecular formula is C24H32N3O6P3+2. The van der Waals surface area contributed by atoms with Gasteiger partial charge >= 0.3 is 23.7 Å². The van der Waals surface area contributed by atoms with Crippen LogP contribution in [-0.2, 0) is 13.6 Å². The van der Waals surface area contributed by atoms with Crippen LogP contribution in [0.4, 0.5) is 0 Å². The van der Waals surface area contributed by atoms with E-state index in [1.54, 1.807) is 7.11 Å². The lowest BCUT2D eigenvalue weighted by Crippen LogP contribution is -2.37. The lowest BCUT2D eigenvalue weighted by atomic mass is 10.2. The van der Waals surface area contributed by atoms with Gasteiger partial charge in [-0.1, -0.05) is 53.1 Å². The van der Waals surface area contributed by atoms with Crippen molar-refractivity contribution in [3.05, 3.63) is 89.5 Å². The number of benzene rings is 3. The highest BCUT2D eigenvalue weighted by Gasteiger charge is 2.71. The summed E-state index contributed by atoms with van der Waals surface area (Å²) in [6.45, 7) is 6.02. The third-order valence-corrected chi connectivity index (χ3v) is 14.2. The lowest BCUT2D eigenvalue weighted by molar-refractivity contribution is 0.321. The third kappa shape index (κ3) is 6.25. The Balaban J connectivity index is 1.81. The van der Waals surface area contributed by atoms with Crippen molar-refractivity contribution in [2.24, 2.45) is 4.52 Å². The number of aryl methyl sites for hydroxylation is 3. The van der Waals surface area contributed by atoms with E-state index in [1.165, 1.54) is 14.2 Å². The van der Waals surface area contributed by atoms with Gasteiger partial charge in [-0.3, -0.25) is 9.05 Å². The number of nitrogens with one attached hydrogen (secondary N) is 2. The van der Waals surface area contributed by atoms with E-state index in [0.29, 0.717) is 17.2 Å². The van der Waals surface area contributed by atoms with Crippen molar-refractivity contribution in [1.82, 2.24) is 9.72 Å². The van der Waals surface area contributed by atoms with Crippen LogP contribution < -0.4 is 23.3 Å². The summed E-state index contributed by atoms with van der Waals surface area (Å²) < 4.78 is 42.0. The summed E-state index contributed by atoms with van der Waals surface area (Å²) >= 11 is 0. The monoisotopic (exact) mass is 551 g/mol. The van der Waals surface area contributed by atoms with Crippen molar-refractivity contribution >= 4 is 23.7 Å². The second-order valence-corrected chi connectivity index (χ2v) is 15.3. The van der Waals surface area contributed by atoms with Crippen LogP contribution in [0.3, 0.4) is 0 Å². The molecule has 1 heterocycles. The minimum atomic E-state index is -3.27. The standard InChI is InChI=1S/C24H32N3O6P3/c1-19-7-13-22(14-8-19)31-34(28-4)25-35(29-5,32-23-15-9-20(2)10-16-23)27-36(26-34,30-6)33-24-17-11-21(3)12-18-24/h7-18,25-26H,1-6H3/q+2. The number of rotatable bonds is 9. The molecule has 12 heteroatoms. The highest BCUT2D eigenvalue weighted by Crippen LogP contribution is 2.80. The second-order valence-electron chi connectivity index (χ2n) is 8.14. The van der Waals surface area contributed by atoms with Gasteiger partial charge < -0.3 is 9.05 Å². The van der Waals surface area contributed by atoms with Crippen molar-refractivity contribution in [2.45, 2.75) is 20.8 Å². The fourth-order valence-electron chi connectivity index (χ4n) is 3.25. The second kappa shape index (κ2) is 11.1. The van der Waals surface area contributed by atoms with Crippen LogP contribution in [0.15, 0.2) is 77.3 Å². The van der Waals surface area contributed by atoms with E-state index in [2.05, 4.69) is 9.72 Å². The molecule has 2 N–H and O–H groups in total. The van der Waals surface area contributed by atoms with E-state index in [4.69, 9.17) is 31.7 Å². The molecule has 1 aliphatic heterocycles. The van der Waals surface area contributed by atoms with Crippen LogP contribution in [0, 0.1) is 20.8 Å². The molecule has 3 aromatic rings. The van der Waals surface area contributed by atoms with Crippen LogP contribution in [-0.4, -0.2) is 21.3 Å². The SMILES string of the molecule is COP1(Oc2ccc(C)cc2)=N[P+](OC)(Oc2ccc(C)cc2)N[P+](OC)(Oc2ccc(C)cc2)N1. The van der Waals surface area contributed by atoms with Crippen LogP contribution >= 0.6 is 23.7 Å².